The van der Waals surface area contributed by atoms with Crippen LogP contribution in [0.15, 0.2) is 51.8 Å². The third-order valence-corrected chi connectivity index (χ3v) is 6.53. The minimum atomic E-state index is -3.94. The second kappa shape index (κ2) is 10.0. The third-order valence-electron chi connectivity index (χ3n) is 4.62. The van der Waals surface area contributed by atoms with Crippen LogP contribution in [0.5, 0.6) is 5.75 Å². The number of anilines is 2. The topological polar surface area (TPSA) is 125 Å². The van der Waals surface area contributed by atoms with Crippen molar-refractivity contribution >= 4 is 49.7 Å². The number of hydrogen-bond acceptors (Lipinski definition) is 6. The molecule has 0 spiro atoms. The van der Waals surface area contributed by atoms with Gasteiger partial charge in [0.25, 0.3) is 10.0 Å². The zero-order valence-electron chi connectivity index (χ0n) is 19.0. The molecule has 0 aliphatic carbocycles. The van der Waals surface area contributed by atoms with Crippen LogP contribution in [0.4, 0.5) is 16.2 Å². The van der Waals surface area contributed by atoms with Crippen LogP contribution in [0, 0.1) is 5.41 Å². The van der Waals surface area contributed by atoms with Crippen LogP contribution in [-0.4, -0.2) is 50.1 Å². The Morgan fingerprint density at radius 3 is 2.24 bits per heavy atom. The number of halogens is 1. The van der Waals surface area contributed by atoms with Crippen LogP contribution >= 0.6 is 15.9 Å². The summed E-state index contributed by atoms with van der Waals surface area (Å²) in [6.45, 7) is 7.10. The number of rotatable bonds is 9. The highest BCUT2D eigenvalue weighted by molar-refractivity contribution is 9.10. The Morgan fingerprint density at radius 1 is 1.15 bits per heavy atom. The maximum absolute atomic E-state index is 12.8. The Hall–Kier alpha value is -2.79. The molecule has 0 aliphatic rings. The van der Waals surface area contributed by atoms with E-state index in [1.54, 1.807) is 18.2 Å². The average Bonchev–Trinajstić information content (AvgIpc) is 2.71. The number of hydrogen-bond donors (Lipinski definition) is 3. The van der Waals surface area contributed by atoms with Gasteiger partial charge in [0.05, 0.1) is 17.7 Å². The van der Waals surface area contributed by atoms with Crippen LogP contribution in [-0.2, 0) is 14.8 Å². The molecule has 33 heavy (non-hydrogen) atoms. The molecule has 0 bridgehead atoms. The summed E-state index contributed by atoms with van der Waals surface area (Å²) in [6.07, 6.45) is -0.764. The lowest BCUT2D eigenvalue weighted by molar-refractivity contribution is -0.116. The van der Waals surface area contributed by atoms with Gasteiger partial charge >= 0.3 is 6.09 Å². The normalized spacial score (nSPS) is 13.5. The SMILES string of the molecule is COc1ccc(N[C@](C)(C=O)N(CC(C)(C)C)C(=O)O)cc1NS(=O)(=O)c1ccc(Br)cc1. The summed E-state index contributed by atoms with van der Waals surface area (Å²) in [5.74, 6) is 0.249. The number of benzene rings is 2. The number of carbonyl (C=O) groups is 2. The van der Waals surface area contributed by atoms with E-state index in [1.807, 2.05) is 20.8 Å². The van der Waals surface area contributed by atoms with Crippen LogP contribution in [0.25, 0.3) is 0 Å². The van der Waals surface area contributed by atoms with E-state index in [-0.39, 0.29) is 22.9 Å². The smallest absolute Gasteiger partial charge is 0.409 e. The number of nitrogens with zero attached hydrogens (tertiary/aromatic N) is 1. The van der Waals surface area contributed by atoms with Gasteiger partial charge in [-0.3, -0.25) is 14.4 Å². The van der Waals surface area contributed by atoms with E-state index in [1.165, 1.54) is 38.3 Å². The summed E-state index contributed by atoms with van der Waals surface area (Å²) in [6, 6.07) is 10.6. The van der Waals surface area contributed by atoms with Gasteiger partial charge in [-0.25, -0.2) is 13.2 Å². The Balaban J connectivity index is 2.42. The first-order valence-electron chi connectivity index (χ1n) is 9.92. The number of sulfonamides is 1. The molecule has 0 radical (unpaired) electrons. The van der Waals surface area contributed by atoms with Crippen LogP contribution in [0.2, 0.25) is 0 Å². The van der Waals surface area contributed by atoms with Gasteiger partial charge in [-0.15, -0.1) is 0 Å². The van der Waals surface area contributed by atoms with Crippen molar-refractivity contribution in [3.8, 4) is 5.75 Å². The van der Waals surface area contributed by atoms with E-state index < -0.39 is 27.2 Å². The molecule has 0 heterocycles. The molecule has 2 rings (SSSR count). The fourth-order valence-electron chi connectivity index (χ4n) is 3.04. The van der Waals surface area contributed by atoms with Gasteiger partial charge in [-0.1, -0.05) is 36.7 Å². The molecule has 2 aromatic rings. The van der Waals surface area contributed by atoms with Crippen molar-refractivity contribution in [2.75, 3.05) is 23.7 Å². The van der Waals surface area contributed by atoms with Crippen molar-refractivity contribution in [3.05, 3.63) is 46.9 Å². The highest BCUT2D eigenvalue weighted by Gasteiger charge is 2.38. The highest BCUT2D eigenvalue weighted by atomic mass is 79.9. The Kier molecular flexibility index (Phi) is 8.02. The quantitative estimate of drug-likeness (QED) is 0.312. The highest BCUT2D eigenvalue weighted by Crippen LogP contribution is 2.32. The van der Waals surface area contributed by atoms with E-state index in [2.05, 4.69) is 26.0 Å². The summed E-state index contributed by atoms with van der Waals surface area (Å²) in [7, 11) is -2.54. The predicted octanol–water partition coefficient (Wildman–Crippen LogP) is 4.61. The number of amides is 1. The Bertz CT molecular complexity index is 1120. The maximum Gasteiger partial charge on any atom is 0.409 e. The fraction of sp³-hybridized carbons (Fsp3) is 0.364. The molecule has 0 aromatic heterocycles. The standard InChI is InChI=1S/C22H28BrN3O6S/c1-21(2,3)13-26(20(28)29)22(4,14-27)24-16-8-11-19(32-5)18(12-16)25-33(30,31)17-9-6-15(23)7-10-17/h6-12,14,24-25H,13H2,1-5H3,(H,28,29)/t22-/m0/s1. The molecular weight excluding hydrogens is 514 g/mol. The van der Waals surface area contributed by atoms with Crippen molar-refractivity contribution in [3.63, 3.8) is 0 Å². The van der Waals surface area contributed by atoms with Gasteiger partial charge in [0.15, 0.2) is 11.9 Å². The Labute approximate surface area is 202 Å². The van der Waals surface area contributed by atoms with E-state index in [9.17, 15) is 23.1 Å². The first-order valence-corrected chi connectivity index (χ1v) is 12.2. The lowest BCUT2D eigenvalue weighted by atomic mass is 9.94. The van der Waals surface area contributed by atoms with Crippen LogP contribution < -0.4 is 14.8 Å². The molecule has 9 nitrogen and oxygen atoms in total. The molecule has 0 aliphatic heterocycles. The predicted molar refractivity (Wildman–Crippen MR) is 130 cm³/mol. The zero-order chi connectivity index (χ0) is 25.0. The van der Waals surface area contributed by atoms with E-state index in [0.717, 1.165) is 9.37 Å². The molecule has 3 N–H and O–H groups in total. The molecule has 1 amide bonds. The summed E-state index contributed by atoms with van der Waals surface area (Å²) < 4.78 is 34.2. The van der Waals surface area contributed by atoms with Gasteiger partial charge < -0.3 is 15.2 Å². The summed E-state index contributed by atoms with van der Waals surface area (Å²) in [5.41, 5.74) is -1.57. The number of ether oxygens (including phenoxy) is 1. The van der Waals surface area contributed by atoms with Gasteiger partial charge in [0.1, 0.15) is 5.75 Å². The molecule has 0 fully saturated rings. The number of nitrogens with one attached hydrogen (secondary N) is 2. The van der Waals surface area contributed by atoms with E-state index >= 15 is 0 Å². The minimum absolute atomic E-state index is 0.0473. The first kappa shape index (κ1) is 26.5. The minimum Gasteiger partial charge on any atom is -0.495 e. The van der Waals surface area contributed by atoms with E-state index in [0.29, 0.717) is 12.0 Å². The lowest BCUT2D eigenvalue weighted by Crippen LogP contribution is -2.58. The molecule has 0 unspecified atom stereocenters. The summed E-state index contributed by atoms with van der Waals surface area (Å²) in [4.78, 5) is 25.0. The number of methoxy groups -OCH3 is 1. The number of aldehydes is 1. The van der Waals surface area contributed by atoms with Gasteiger partial charge in [-0.2, -0.15) is 0 Å². The second-order valence-corrected chi connectivity index (χ2v) is 11.4. The maximum atomic E-state index is 12.8. The van der Waals surface area contributed by atoms with Crippen molar-refractivity contribution in [1.29, 1.82) is 0 Å². The number of carbonyl (C=O) groups excluding carboxylic acids is 1. The van der Waals surface area contributed by atoms with E-state index in [4.69, 9.17) is 4.74 Å². The molecule has 0 saturated carbocycles. The molecule has 180 valence electrons. The van der Waals surface area contributed by atoms with Crippen molar-refractivity contribution in [2.45, 2.75) is 38.3 Å². The summed E-state index contributed by atoms with van der Waals surface area (Å²) in [5, 5.41) is 12.6. The number of carboxylic acid groups (broad SMARTS) is 1. The van der Waals surface area contributed by atoms with Crippen molar-refractivity contribution < 1.29 is 27.9 Å². The van der Waals surface area contributed by atoms with Gasteiger partial charge in [0.2, 0.25) is 0 Å². The molecule has 2 aromatic carbocycles. The van der Waals surface area contributed by atoms with Crippen molar-refractivity contribution in [1.82, 2.24) is 4.90 Å². The zero-order valence-corrected chi connectivity index (χ0v) is 21.5. The average molecular weight is 542 g/mol. The molecule has 11 heteroatoms. The second-order valence-electron chi connectivity index (χ2n) is 8.79. The third kappa shape index (κ3) is 6.84. The summed E-state index contributed by atoms with van der Waals surface area (Å²) >= 11 is 3.27. The fourth-order valence-corrected chi connectivity index (χ4v) is 4.37. The van der Waals surface area contributed by atoms with Gasteiger partial charge in [0, 0.05) is 16.7 Å². The molecule has 1 atom stereocenters. The molecule has 0 saturated heterocycles. The lowest BCUT2D eigenvalue weighted by Gasteiger charge is -2.39. The van der Waals surface area contributed by atoms with Crippen molar-refractivity contribution in [2.24, 2.45) is 5.41 Å². The first-order chi connectivity index (χ1) is 15.2. The van der Waals surface area contributed by atoms with Crippen LogP contribution in [0.3, 0.4) is 0 Å². The van der Waals surface area contributed by atoms with Gasteiger partial charge in [-0.05, 0) is 54.8 Å². The Morgan fingerprint density at radius 2 is 1.76 bits per heavy atom. The monoisotopic (exact) mass is 541 g/mol. The molecular formula is C22H28BrN3O6S. The van der Waals surface area contributed by atoms with Crippen LogP contribution in [0.1, 0.15) is 27.7 Å². The largest absolute Gasteiger partial charge is 0.495 e.